The molecule has 3 rings (SSSR count). The lowest BCUT2D eigenvalue weighted by atomic mass is 10.1. The molecular formula is C23H20FNO4. The van der Waals surface area contributed by atoms with Gasteiger partial charge < -0.3 is 14.8 Å². The summed E-state index contributed by atoms with van der Waals surface area (Å²) in [7, 11) is 1.52. The van der Waals surface area contributed by atoms with Crippen LogP contribution in [0.1, 0.15) is 27.6 Å². The van der Waals surface area contributed by atoms with Gasteiger partial charge in [0.25, 0.3) is 5.91 Å². The molecule has 3 aromatic rings. The van der Waals surface area contributed by atoms with Crippen LogP contribution in [0.4, 0.5) is 10.1 Å². The molecule has 1 N–H and O–H groups in total. The van der Waals surface area contributed by atoms with Crippen LogP contribution in [-0.4, -0.2) is 19.0 Å². The number of amides is 1. The maximum atomic E-state index is 13.8. The minimum absolute atomic E-state index is 0.0308. The Hall–Kier alpha value is -3.67. The summed E-state index contributed by atoms with van der Waals surface area (Å²) in [4.78, 5) is 25.5. The summed E-state index contributed by atoms with van der Waals surface area (Å²) in [6.07, 6.45) is -1.21. The lowest BCUT2D eigenvalue weighted by molar-refractivity contribution is -0.125. The summed E-state index contributed by atoms with van der Waals surface area (Å²) in [6, 6.07) is 19.5. The molecule has 5 nitrogen and oxygen atoms in total. The maximum absolute atomic E-state index is 13.8. The second-order valence-corrected chi connectivity index (χ2v) is 6.38. The van der Waals surface area contributed by atoms with Crippen molar-refractivity contribution in [1.29, 1.82) is 0 Å². The predicted molar refractivity (Wildman–Crippen MR) is 107 cm³/mol. The summed E-state index contributed by atoms with van der Waals surface area (Å²) in [6.45, 7) is 1.60. The number of esters is 1. The number of hydrogen-bond donors (Lipinski definition) is 1. The van der Waals surface area contributed by atoms with E-state index in [0.717, 1.165) is 6.07 Å². The Balaban J connectivity index is 1.85. The first-order valence-corrected chi connectivity index (χ1v) is 8.95. The minimum atomic E-state index is -1.21. The molecule has 0 aliphatic heterocycles. The summed E-state index contributed by atoms with van der Waals surface area (Å²) in [5.41, 5.74) is 1.43. The molecule has 0 radical (unpaired) electrons. The van der Waals surface area contributed by atoms with Gasteiger partial charge in [-0.05, 0) is 36.8 Å². The number of hydrogen-bond acceptors (Lipinski definition) is 4. The van der Waals surface area contributed by atoms with E-state index >= 15 is 0 Å². The third-order valence-corrected chi connectivity index (χ3v) is 4.31. The van der Waals surface area contributed by atoms with Crippen molar-refractivity contribution in [3.63, 3.8) is 0 Å². The predicted octanol–water partition coefficient (Wildman–Crippen LogP) is 4.68. The standard InChI is InChI=1S/C23H20FNO4/c1-15-11-12-17(13-20(15)24)23(27)29-21(16-7-4-3-5-8-16)22(26)25-18-9-6-10-19(14-18)28-2/h3-14,21H,1-2H3,(H,25,26)/t21-/m0/s1. The molecule has 0 fully saturated rings. The molecule has 0 aromatic heterocycles. The molecule has 0 spiro atoms. The normalized spacial score (nSPS) is 11.4. The Morgan fingerprint density at radius 3 is 2.41 bits per heavy atom. The molecule has 29 heavy (non-hydrogen) atoms. The SMILES string of the molecule is COc1cccc(NC(=O)[C@@H](OC(=O)c2ccc(C)c(F)c2)c2ccccc2)c1. The Kier molecular flexibility index (Phi) is 6.24. The van der Waals surface area contributed by atoms with E-state index in [1.165, 1.54) is 19.2 Å². The van der Waals surface area contributed by atoms with Gasteiger partial charge in [-0.1, -0.05) is 42.5 Å². The van der Waals surface area contributed by atoms with Crippen molar-refractivity contribution in [3.8, 4) is 5.75 Å². The number of rotatable bonds is 6. The zero-order valence-electron chi connectivity index (χ0n) is 16.0. The van der Waals surface area contributed by atoms with E-state index in [1.807, 2.05) is 0 Å². The molecular weight excluding hydrogens is 373 g/mol. The van der Waals surface area contributed by atoms with Crippen molar-refractivity contribution in [2.24, 2.45) is 0 Å². The van der Waals surface area contributed by atoms with Crippen LogP contribution in [0, 0.1) is 12.7 Å². The Morgan fingerprint density at radius 2 is 1.72 bits per heavy atom. The van der Waals surface area contributed by atoms with E-state index in [2.05, 4.69) is 5.32 Å². The van der Waals surface area contributed by atoms with Gasteiger partial charge in [0, 0.05) is 17.3 Å². The van der Waals surface area contributed by atoms with Gasteiger partial charge >= 0.3 is 5.97 Å². The van der Waals surface area contributed by atoms with Gasteiger partial charge in [-0.3, -0.25) is 4.79 Å². The molecule has 0 saturated heterocycles. The molecule has 0 bridgehead atoms. The van der Waals surface area contributed by atoms with Crippen LogP contribution in [0.3, 0.4) is 0 Å². The summed E-state index contributed by atoms with van der Waals surface area (Å²) < 4.78 is 24.4. The fourth-order valence-electron chi connectivity index (χ4n) is 2.70. The van der Waals surface area contributed by atoms with Crippen molar-refractivity contribution in [2.45, 2.75) is 13.0 Å². The number of carbonyl (C=O) groups is 2. The van der Waals surface area contributed by atoms with Gasteiger partial charge in [0.15, 0.2) is 0 Å². The molecule has 1 amide bonds. The third-order valence-electron chi connectivity index (χ3n) is 4.31. The second kappa shape index (κ2) is 9.01. The summed E-state index contributed by atoms with van der Waals surface area (Å²) >= 11 is 0. The van der Waals surface area contributed by atoms with Gasteiger partial charge in [-0.15, -0.1) is 0 Å². The molecule has 148 valence electrons. The zero-order chi connectivity index (χ0) is 20.8. The number of benzene rings is 3. The fraction of sp³-hybridized carbons (Fsp3) is 0.130. The molecule has 0 unspecified atom stereocenters. The number of halogens is 1. The van der Waals surface area contributed by atoms with Crippen LogP contribution >= 0.6 is 0 Å². The van der Waals surface area contributed by atoms with Crippen LogP contribution in [0.25, 0.3) is 0 Å². The quantitative estimate of drug-likeness (QED) is 0.618. The zero-order valence-corrected chi connectivity index (χ0v) is 16.0. The van der Waals surface area contributed by atoms with Crippen molar-refractivity contribution >= 4 is 17.6 Å². The number of ether oxygens (including phenoxy) is 2. The average molecular weight is 393 g/mol. The van der Waals surface area contributed by atoms with E-state index in [9.17, 15) is 14.0 Å². The van der Waals surface area contributed by atoms with Crippen molar-refractivity contribution in [2.75, 3.05) is 12.4 Å². The molecule has 0 aliphatic carbocycles. The lowest BCUT2D eigenvalue weighted by Crippen LogP contribution is -2.26. The molecule has 3 aromatic carbocycles. The lowest BCUT2D eigenvalue weighted by Gasteiger charge is -2.18. The Labute approximate surface area is 168 Å². The smallest absolute Gasteiger partial charge is 0.339 e. The van der Waals surface area contributed by atoms with Crippen LogP contribution < -0.4 is 10.1 Å². The van der Waals surface area contributed by atoms with E-state index < -0.39 is 23.8 Å². The molecule has 1 atom stereocenters. The third kappa shape index (κ3) is 4.99. The highest BCUT2D eigenvalue weighted by atomic mass is 19.1. The van der Waals surface area contributed by atoms with Crippen LogP contribution in [-0.2, 0) is 9.53 Å². The van der Waals surface area contributed by atoms with Crippen molar-refractivity contribution in [1.82, 2.24) is 0 Å². The van der Waals surface area contributed by atoms with Crippen molar-refractivity contribution in [3.05, 3.63) is 95.3 Å². The van der Waals surface area contributed by atoms with Gasteiger partial charge in [-0.25, -0.2) is 9.18 Å². The highest BCUT2D eigenvalue weighted by molar-refractivity contribution is 5.98. The highest BCUT2D eigenvalue weighted by Gasteiger charge is 2.26. The first kappa shape index (κ1) is 20.1. The molecule has 0 aliphatic rings. The molecule has 0 saturated carbocycles. The van der Waals surface area contributed by atoms with E-state index in [-0.39, 0.29) is 5.56 Å². The number of methoxy groups -OCH3 is 1. The highest BCUT2D eigenvalue weighted by Crippen LogP contribution is 2.24. The summed E-state index contributed by atoms with van der Waals surface area (Å²) in [5.74, 6) is -1.27. The topological polar surface area (TPSA) is 64.6 Å². The number of carbonyl (C=O) groups excluding carboxylic acids is 2. The Morgan fingerprint density at radius 1 is 0.966 bits per heavy atom. The largest absolute Gasteiger partial charge is 0.497 e. The number of anilines is 1. The second-order valence-electron chi connectivity index (χ2n) is 6.38. The van der Waals surface area contributed by atoms with Crippen LogP contribution in [0.15, 0.2) is 72.8 Å². The van der Waals surface area contributed by atoms with Gasteiger partial charge in [-0.2, -0.15) is 0 Å². The van der Waals surface area contributed by atoms with Gasteiger partial charge in [0.1, 0.15) is 11.6 Å². The maximum Gasteiger partial charge on any atom is 0.339 e. The van der Waals surface area contributed by atoms with Crippen LogP contribution in [0.2, 0.25) is 0 Å². The molecule has 6 heteroatoms. The monoisotopic (exact) mass is 393 g/mol. The average Bonchev–Trinajstić information content (AvgIpc) is 2.74. The van der Waals surface area contributed by atoms with Gasteiger partial charge in [0.2, 0.25) is 6.10 Å². The first-order valence-electron chi connectivity index (χ1n) is 8.95. The summed E-state index contributed by atoms with van der Waals surface area (Å²) in [5, 5.41) is 2.72. The first-order chi connectivity index (χ1) is 14.0. The van der Waals surface area contributed by atoms with E-state index in [1.54, 1.807) is 61.5 Å². The number of aryl methyl sites for hydroxylation is 1. The minimum Gasteiger partial charge on any atom is -0.497 e. The Bertz CT molecular complexity index is 1020. The van der Waals surface area contributed by atoms with Crippen LogP contribution in [0.5, 0.6) is 5.75 Å². The van der Waals surface area contributed by atoms with E-state index in [0.29, 0.717) is 22.6 Å². The molecule has 0 heterocycles. The fourth-order valence-corrected chi connectivity index (χ4v) is 2.70. The van der Waals surface area contributed by atoms with E-state index in [4.69, 9.17) is 9.47 Å². The number of nitrogens with one attached hydrogen (secondary N) is 1. The van der Waals surface area contributed by atoms with Crippen molar-refractivity contribution < 1.29 is 23.5 Å². The van der Waals surface area contributed by atoms with Gasteiger partial charge in [0.05, 0.1) is 12.7 Å².